The standard InChI is InChI=1S/C19H19Cl3N2O5S/c1-10-5-6-12(30(27,28)24(3)4)9-15(10)23-18(25)11(2)29-19(26)16-13(20)7-8-14(21)17(16)22/h5-9,11H,1-4H3,(H,23,25). The molecule has 1 amide bonds. The Kier molecular flexibility index (Phi) is 7.76. The lowest BCUT2D eigenvalue weighted by atomic mass is 10.2. The first-order chi connectivity index (χ1) is 13.9. The Morgan fingerprint density at radius 2 is 1.67 bits per heavy atom. The lowest BCUT2D eigenvalue weighted by molar-refractivity contribution is -0.123. The third-order valence-electron chi connectivity index (χ3n) is 4.15. The molecule has 2 aromatic carbocycles. The third-order valence-corrected chi connectivity index (χ3v) is 7.08. The largest absolute Gasteiger partial charge is 0.449 e. The number of sulfonamides is 1. The highest BCUT2D eigenvalue weighted by atomic mass is 35.5. The third kappa shape index (κ3) is 5.25. The summed E-state index contributed by atoms with van der Waals surface area (Å²) in [7, 11) is -0.878. The smallest absolute Gasteiger partial charge is 0.342 e. The fourth-order valence-electron chi connectivity index (χ4n) is 2.33. The summed E-state index contributed by atoms with van der Waals surface area (Å²) in [6.45, 7) is 3.05. The van der Waals surface area contributed by atoms with E-state index in [2.05, 4.69) is 5.32 Å². The maximum absolute atomic E-state index is 12.5. The minimum absolute atomic E-state index is 0.00976. The molecule has 0 radical (unpaired) electrons. The number of carbonyl (C=O) groups is 2. The number of hydrogen-bond donors (Lipinski definition) is 1. The van der Waals surface area contributed by atoms with Crippen molar-refractivity contribution in [3.63, 3.8) is 0 Å². The van der Waals surface area contributed by atoms with Crippen LogP contribution in [-0.4, -0.2) is 44.8 Å². The highest BCUT2D eigenvalue weighted by Gasteiger charge is 2.25. The minimum atomic E-state index is -3.69. The lowest BCUT2D eigenvalue weighted by Crippen LogP contribution is -2.30. The van der Waals surface area contributed by atoms with Gasteiger partial charge >= 0.3 is 5.97 Å². The van der Waals surface area contributed by atoms with E-state index in [1.54, 1.807) is 13.0 Å². The fourth-order valence-corrected chi connectivity index (χ4v) is 3.94. The van der Waals surface area contributed by atoms with Crippen molar-refractivity contribution in [1.29, 1.82) is 0 Å². The number of halogens is 3. The number of ether oxygens (including phenoxy) is 1. The number of rotatable bonds is 6. The molecule has 162 valence electrons. The zero-order valence-electron chi connectivity index (χ0n) is 16.5. The van der Waals surface area contributed by atoms with E-state index in [0.717, 1.165) is 4.31 Å². The van der Waals surface area contributed by atoms with Crippen LogP contribution < -0.4 is 5.32 Å². The Bertz CT molecular complexity index is 1100. The molecule has 1 unspecified atom stereocenters. The Morgan fingerprint density at radius 1 is 1.07 bits per heavy atom. The molecule has 0 heterocycles. The number of nitrogens with one attached hydrogen (secondary N) is 1. The molecule has 0 saturated carbocycles. The Morgan fingerprint density at radius 3 is 2.27 bits per heavy atom. The molecule has 0 fully saturated rings. The van der Waals surface area contributed by atoms with Gasteiger partial charge in [0.05, 0.1) is 25.5 Å². The summed E-state index contributed by atoms with van der Waals surface area (Å²) in [5, 5.41) is 2.62. The van der Waals surface area contributed by atoms with Crippen LogP contribution in [0.2, 0.25) is 15.1 Å². The van der Waals surface area contributed by atoms with Crippen molar-refractivity contribution >= 4 is 62.4 Å². The summed E-state index contributed by atoms with van der Waals surface area (Å²) in [6, 6.07) is 7.15. The summed E-state index contributed by atoms with van der Waals surface area (Å²) >= 11 is 17.9. The summed E-state index contributed by atoms with van der Waals surface area (Å²) in [4.78, 5) is 25.0. The normalized spacial score (nSPS) is 12.5. The number of hydrogen-bond acceptors (Lipinski definition) is 5. The Labute approximate surface area is 189 Å². The van der Waals surface area contributed by atoms with Crippen LogP contribution in [0.1, 0.15) is 22.8 Å². The van der Waals surface area contributed by atoms with Gasteiger partial charge in [0.2, 0.25) is 10.0 Å². The number of benzene rings is 2. The van der Waals surface area contributed by atoms with Crippen molar-refractivity contribution in [1.82, 2.24) is 4.31 Å². The molecular weight excluding hydrogens is 475 g/mol. The summed E-state index contributed by atoms with van der Waals surface area (Å²) in [6.07, 6.45) is -1.22. The molecule has 0 saturated heterocycles. The SMILES string of the molecule is Cc1ccc(S(=O)(=O)N(C)C)cc1NC(=O)C(C)OC(=O)c1c(Cl)ccc(Cl)c1Cl. The number of esters is 1. The molecule has 1 N–H and O–H groups in total. The number of nitrogens with zero attached hydrogens (tertiary/aromatic N) is 1. The number of anilines is 1. The van der Waals surface area contributed by atoms with Crippen LogP contribution in [0.5, 0.6) is 0 Å². The highest BCUT2D eigenvalue weighted by molar-refractivity contribution is 7.89. The van der Waals surface area contributed by atoms with Gasteiger partial charge in [0, 0.05) is 19.8 Å². The van der Waals surface area contributed by atoms with Crippen LogP contribution in [-0.2, 0) is 19.6 Å². The van der Waals surface area contributed by atoms with Gasteiger partial charge in [-0.15, -0.1) is 0 Å². The molecule has 0 aliphatic carbocycles. The summed E-state index contributed by atoms with van der Waals surface area (Å²) in [5.41, 5.74) is 0.742. The van der Waals surface area contributed by atoms with Gasteiger partial charge in [-0.3, -0.25) is 4.79 Å². The quantitative estimate of drug-likeness (QED) is 0.476. The second kappa shape index (κ2) is 9.53. The van der Waals surface area contributed by atoms with E-state index < -0.39 is 28.0 Å². The van der Waals surface area contributed by atoms with Gasteiger partial charge in [-0.25, -0.2) is 17.5 Å². The number of amides is 1. The lowest BCUT2D eigenvalue weighted by Gasteiger charge is -2.17. The molecule has 7 nitrogen and oxygen atoms in total. The first-order valence-corrected chi connectivity index (χ1v) is 11.1. The Balaban J connectivity index is 2.21. The first kappa shape index (κ1) is 24.4. The average Bonchev–Trinajstić information content (AvgIpc) is 2.66. The van der Waals surface area contributed by atoms with Gasteiger partial charge in [0.25, 0.3) is 5.91 Å². The summed E-state index contributed by atoms with van der Waals surface area (Å²) < 4.78 is 30.9. The van der Waals surface area contributed by atoms with Gasteiger partial charge in [0.15, 0.2) is 6.10 Å². The number of carbonyl (C=O) groups excluding carboxylic acids is 2. The topological polar surface area (TPSA) is 92.8 Å². The van der Waals surface area contributed by atoms with Crippen LogP contribution in [0.4, 0.5) is 5.69 Å². The zero-order valence-corrected chi connectivity index (χ0v) is 19.6. The molecule has 1 atom stereocenters. The van der Waals surface area contributed by atoms with Crippen molar-refractivity contribution in [2.45, 2.75) is 24.8 Å². The molecule has 0 aliphatic rings. The maximum atomic E-state index is 12.5. The van der Waals surface area contributed by atoms with E-state index in [1.165, 1.54) is 45.3 Å². The molecule has 0 aliphatic heterocycles. The van der Waals surface area contributed by atoms with E-state index >= 15 is 0 Å². The van der Waals surface area contributed by atoms with Gasteiger partial charge in [-0.2, -0.15) is 0 Å². The molecular formula is C19H19Cl3N2O5S. The van der Waals surface area contributed by atoms with Crippen LogP contribution in [0.3, 0.4) is 0 Å². The average molecular weight is 494 g/mol. The second-order valence-corrected chi connectivity index (χ2v) is 9.86. The summed E-state index contributed by atoms with van der Waals surface area (Å²) in [5.74, 6) is -1.59. The Hall–Kier alpha value is -1.84. The van der Waals surface area contributed by atoms with Gasteiger partial charge in [-0.05, 0) is 43.7 Å². The van der Waals surface area contributed by atoms with E-state index in [-0.39, 0.29) is 31.2 Å². The number of aryl methyl sites for hydroxylation is 1. The van der Waals surface area contributed by atoms with Crippen molar-refractivity contribution < 1.29 is 22.7 Å². The minimum Gasteiger partial charge on any atom is -0.449 e. The second-order valence-electron chi connectivity index (χ2n) is 6.52. The van der Waals surface area contributed by atoms with Crippen LogP contribution in [0.15, 0.2) is 35.2 Å². The molecule has 11 heteroatoms. The van der Waals surface area contributed by atoms with Gasteiger partial charge in [0.1, 0.15) is 0 Å². The molecule has 30 heavy (non-hydrogen) atoms. The van der Waals surface area contributed by atoms with Gasteiger partial charge in [-0.1, -0.05) is 40.9 Å². The van der Waals surface area contributed by atoms with Crippen molar-refractivity contribution in [2.24, 2.45) is 0 Å². The zero-order chi connectivity index (χ0) is 22.8. The highest BCUT2D eigenvalue weighted by Crippen LogP contribution is 2.32. The first-order valence-electron chi connectivity index (χ1n) is 8.54. The molecule has 0 bridgehead atoms. The molecule has 0 aromatic heterocycles. The van der Waals surface area contributed by atoms with E-state index in [4.69, 9.17) is 39.5 Å². The maximum Gasteiger partial charge on any atom is 0.342 e. The predicted molar refractivity (Wildman–Crippen MR) is 117 cm³/mol. The van der Waals surface area contributed by atoms with Crippen molar-refractivity contribution in [3.8, 4) is 0 Å². The van der Waals surface area contributed by atoms with Crippen molar-refractivity contribution in [3.05, 3.63) is 56.5 Å². The van der Waals surface area contributed by atoms with E-state index in [1.807, 2.05) is 0 Å². The van der Waals surface area contributed by atoms with E-state index in [0.29, 0.717) is 5.56 Å². The molecule has 0 spiro atoms. The van der Waals surface area contributed by atoms with Crippen molar-refractivity contribution in [2.75, 3.05) is 19.4 Å². The molecule has 2 rings (SSSR count). The molecule has 2 aromatic rings. The van der Waals surface area contributed by atoms with Gasteiger partial charge < -0.3 is 10.1 Å². The monoisotopic (exact) mass is 492 g/mol. The van der Waals surface area contributed by atoms with Crippen LogP contribution in [0.25, 0.3) is 0 Å². The predicted octanol–water partition coefficient (Wildman–Crippen LogP) is 4.39. The van der Waals surface area contributed by atoms with Crippen LogP contribution >= 0.6 is 34.8 Å². The van der Waals surface area contributed by atoms with E-state index in [9.17, 15) is 18.0 Å². The van der Waals surface area contributed by atoms with Crippen LogP contribution in [0, 0.1) is 6.92 Å². The fraction of sp³-hybridized carbons (Fsp3) is 0.263.